The van der Waals surface area contributed by atoms with E-state index in [1.54, 1.807) is 0 Å². The van der Waals surface area contributed by atoms with E-state index >= 15 is 0 Å². The molecule has 0 radical (unpaired) electrons. The topological polar surface area (TPSA) is 64.1 Å². The number of carbonyl (C=O) groups excluding carboxylic acids is 1. The summed E-state index contributed by atoms with van der Waals surface area (Å²) < 4.78 is 5.22. The minimum atomic E-state index is -0.315. The molecule has 1 N–H and O–H groups in total. The maximum Gasteiger partial charge on any atom is 0.325 e. The summed E-state index contributed by atoms with van der Waals surface area (Å²) in [4.78, 5) is 20.2. The smallest absolute Gasteiger partial charge is 0.325 e. The Labute approximate surface area is 137 Å². The molecule has 0 saturated heterocycles. The van der Waals surface area contributed by atoms with Crippen LogP contribution in [0.15, 0.2) is 42.7 Å². The summed E-state index contributed by atoms with van der Waals surface area (Å²) >= 11 is 0. The van der Waals surface area contributed by atoms with Crippen LogP contribution in [0.4, 0.5) is 5.82 Å². The number of esters is 1. The van der Waals surface area contributed by atoms with Crippen molar-refractivity contribution in [3.8, 4) is 0 Å². The van der Waals surface area contributed by atoms with Gasteiger partial charge >= 0.3 is 5.97 Å². The van der Waals surface area contributed by atoms with Gasteiger partial charge in [-0.3, -0.25) is 4.79 Å². The lowest BCUT2D eigenvalue weighted by molar-refractivity contribution is -0.142. The standard InChI is InChI=1S/C18H23N3O2/c1-18(2,3)10-15-9-16(21-13-20-15)19-11-17(22)23-12-14-7-5-4-6-8-14/h4-9,13H,10-12H2,1-3H3,(H,19,20,21). The number of benzene rings is 1. The van der Waals surface area contributed by atoms with Crippen LogP contribution in [0.3, 0.4) is 0 Å². The molecule has 122 valence electrons. The fourth-order valence-corrected chi connectivity index (χ4v) is 2.09. The Morgan fingerprint density at radius 3 is 2.61 bits per heavy atom. The minimum Gasteiger partial charge on any atom is -0.460 e. The van der Waals surface area contributed by atoms with Gasteiger partial charge in [0.05, 0.1) is 0 Å². The largest absolute Gasteiger partial charge is 0.460 e. The number of rotatable bonds is 6. The summed E-state index contributed by atoms with van der Waals surface area (Å²) in [5, 5.41) is 2.98. The minimum absolute atomic E-state index is 0.0821. The van der Waals surface area contributed by atoms with Crippen molar-refractivity contribution < 1.29 is 9.53 Å². The molecule has 0 unspecified atom stereocenters. The van der Waals surface area contributed by atoms with E-state index in [0.29, 0.717) is 5.82 Å². The molecule has 0 bridgehead atoms. The molecular formula is C18H23N3O2. The van der Waals surface area contributed by atoms with Crippen LogP contribution in [0.5, 0.6) is 0 Å². The SMILES string of the molecule is CC(C)(C)Cc1cc(NCC(=O)OCc2ccccc2)ncn1. The number of hydrogen-bond donors (Lipinski definition) is 1. The molecule has 0 spiro atoms. The zero-order valence-corrected chi connectivity index (χ0v) is 13.9. The molecular weight excluding hydrogens is 290 g/mol. The van der Waals surface area contributed by atoms with Gasteiger partial charge in [0.1, 0.15) is 25.3 Å². The second-order valence-electron chi connectivity index (χ2n) is 6.63. The maximum absolute atomic E-state index is 11.8. The first-order chi connectivity index (χ1) is 10.9. The summed E-state index contributed by atoms with van der Waals surface area (Å²) in [6.45, 7) is 6.83. The Kier molecular flexibility index (Phi) is 5.68. The lowest BCUT2D eigenvalue weighted by Crippen LogP contribution is -2.18. The Morgan fingerprint density at radius 1 is 1.17 bits per heavy atom. The summed E-state index contributed by atoms with van der Waals surface area (Å²) in [5.74, 6) is 0.320. The number of ether oxygens (including phenoxy) is 1. The van der Waals surface area contributed by atoms with Crippen molar-refractivity contribution >= 4 is 11.8 Å². The van der Waals surface area contributed by atoms with Gasteiger partial charge in [-0.25, -0.2) is 9.97 Å². The number of anilines is 1. The number of nitrogens with one attached hydrogen (secondary N) is 1. The van der Waals surface area contributed by atoms with E-state index in [2.05, 4.69) is 36.1 Å². The molecule has 2 aromatic rings. The first-order valence-corrected chi connectivity index (χ1v) is 7.67. The third-order valence-corrected chi connectivity index (χ3v) is 3.09. The number of aromatic nitrogens is 2. The first kappa shape index (κ1) is 16.9. The van der Waals surface area contributed by atoms with E-state index in [9.17, 15) is 4.79 Å². The first-order valence-electron chi connectivity index (χ1n) is 7.67. The Morgan fingerprint density at radius 2 is 1.91 bits per heavy atom. The van der Waals surface area contributed by atoms with Crippen LogP contribution in [0.1, 0.15) is 32.0 Å². The number of carbonyl (C=O) groups is 1. The van der Waals surface area contributed by atoms with Gasteiger partial charge < -0.3 is 10.1 Å². The molecule has 0 aliphatic heterocycles. The second-order valence-corrected chi connectivity index (χ2v) is 6.63. The van der Waals surface area contributed by atoms with Crippen LogP contribution < -0.4 is 5.32 Å². The molecule has 0 aliphatic carbocycles. The van der Waals surface area contributed by atoms with Crippen molar-refractivity contribution in [2.24, 2.45) is 5.41 Å². The monoisotopic (exact) mass is 313 g/mol. The molecule has 0 atom stereocenters. The molecule has 1 aromatic carbocycles. The van der Waals surface area contributed by atoms with Gasteiger partial charge in [0.2, 0.25) is 0 Å². The van der Waals surface area contributed by atoms with Crippen molar-refractivity contribution in [2.45, 2.75) is 33.8 Å². The predicted octanol–water partition coefficient (Wildman–Crippen LogP) is 3.22. The van der Waals surface area contributed by atoms with Gasteiger partial charge in [-0.05, 0) is 17.4 Å². The predicted molar refractivity (Wildman–Crippen MR) is 89.9 cm³/mol. The molecule has 0 amide bonds. The zero-order valence-electron chi connectivity index (χ0n) is 13.9. The average molecular weight is 313 g/mol. The lowest BCUT2D eigenvalue weighted by Gasteiger charge is -2.17. The van der Waals surface area contributed by atoms with E-state index in [0.717, 1.165) is 17.7 Å². The van der Waals surface area contributed by atoms with Crippen LogP contribution >= 0.6 is 0 Å². The van der Waals surface area contributed by atoms with Crippen LogP contribution in [0, 0.1) is 5.41 Å². The normalized spacial score (nSPS) is 11.1. The van der Waals surface area contributed by atoms with Crippen LogP contribution in [-0.4, -0.2) is 22.5 Å². The van der Waals surface area contributed by atoms with Crippen molar-refractivity contribution in [3.63, 3.8) is 0 Å². The van der Waals surface area contributed by atoms with Gasteiger partial charge in [-0.1, -0.05) is 51.1 Å². The highest BCUT2D eigenvalue weighted by atomic mass is 16.5. The highest BCUT2D eigenvalue weighted by Crippen LogP contribution is 2.19. The Hall–Kier alpha value is -2.43. The molecule has 2 rings (SSSR count). The van der Waals surface area contributed by atoms with E-state index in [1.807, 2.05) is 36.4 Å². The molecule has 1 aromatic heterocycles. The molecule has 0 fully saturated rings. The van der Waals surface area contributed by atoms with Crippen molar-refractivity contribution in [2.75, 3.05) is 11.9 Å². The Bertz CT molecular complexity index is 636. The highest BCUT2D eigenvalue weighted by Gasteiger charge is 2.13. The van der Waals surface area contributed by atoms with Gasteiger partial charge in [0.15, 0.2) is 0 Å². The van der Waals surface area contributed by atoms with Gasteiger partial charge in [0, 0.05) is 11.8 Å². The fraction of sp³-hybridized carbons (Fsp3) is 0.389. The molecule has 0 saturated carbocycles. The quantitative estimate of drug-likeness (QED) is 0.830. The van der Waals surface area contributed by atoms with Gasteiger partial charge in [-0.15, -0.1) is 0 Å². The molecule has 5 heteroatoms. The molecule has 0 aliphatic rings. The maximum atomic E-state index is 11.8. The highest BCUT2D eigenvalue weighted by molar-refractivity contribution is 5.74. The second kappa shape index (κ2) is 7.72. The van der Waals surface area contributed by atoms with Crippen LogP contribution in [0.2, 0.25) is 0 Å². The molecule has 23 heavy (non-hydrogen) atoms. The average Bonchev–Trinajstić information content (AvgIpc) is 2.51. The van der Waals surface area contributed by atoms with Crippen molar-refractivity contribution in [3.05, 3.63) is 54.0 Å². The Balaban J connectivity index is 1.81. The number of hydrogen-bond acceptors (Lipinski definition) is 5. The third-order valence-electron chi connectivity index (χ3n) is 3.09. The van der Waals surface area contributed by atoms with E-state index in [-0.39, 0.29) is 24.5 Å². The van der Waals surface area contributed by atoms with Crippen molar-refractivity contribution in [1.82, 2.24) is 9.97 Å². The zero-order chi connectivity index (χ0) is 16.7. The van der Waals surface area contributed by atoms with Crippen molar-refractivity contribution in [1.29, 1.82) is 0 Å². The van der Waals surface area contributed by atoms with Crippen LogP contribution in [0.25, 0.3) is 0 Å². The fourth-order valence-electron chi connectivity index (χ4n) is 2.09. The van der Waals surface area contributed by atoms with Gasteiger partial charge in [0.25, 0.3) is 0 Å². The summed E-state index contributed by atoms with van der Waals surface area (Å²) in [6.07, 6.45) is 2.36. The van der Waals surface area contributed by atoms with E-state index in [1.165, 1.54) is 6.33 Å². The summed E-state index contributed by atoms with van der Waals surface area (Å²) in [5.41, 5.74) is 2.07. The summed E-state index contributed by atoms with van der Waals surface area (Å²) in [6, 6.07) is 11.5. The molecule has 1 heterocycles. The third kappa shape index (κ3) is 6.46. The van der Waals surface area contributed by atoms with E-state index in [4.69, 9.17) is 4.74 Å². The van der Waals surface area contributed by atoms with Crippen LogP contribution in [-0.2, 0) is 22.6 Å². The van der Waals surface area contributed by atoms with Gasteiger partial charge in [-0.2, -0.15) is 0 Å². The molecule has 5 nitrogen and oxygen atoms in total. The summed E-state index contributed by atoms with van der Waals surface area (Å²) in [7, 11) is 0. The van der Waals surface area contributed by atoms with E-state index < -0.39 is 0 Å². The number of nitrogens with zero attached hydrogens (tertiary/aromatic N) is 2. The lowest BCUT2D eigenvalue weighted by atomic mass is 9.90.